The van der Waals surface area contributed by atoms with Crippen molar-refractivity contribution in [2.24, 2.45) is 0 Å². The molecule has 100 valence electrons. The molecule has 0 aliphatic carbocycles. The largest absolute Gasteiger partial charge is 0.243 e. The molecule has 1 aliphatic rings. The van der Waals surface area contributed by atoms with Gasteiger partial charge in [0.15, 0.2) is 0 Å². The van der Waals surface area contributed by atoms with Crippen molar-refractivity contribution in [1.29, 1.82) is 0 Å². The summed E-state index contributed by atoms with van der Waals surface area (Å²) >= 11 is 13.5. The fraction of sp³-hybridized carbons (Fsp3) is 0.455. The molecule has 1 heterocycles. The van der Waals surface area contributed by atoms with Gasteiger partial charge in [-0.05, 0) is 17.7 Å². The van der Waals surface area contributed by atoms with Crippen molar-refractivity contribution in [3.8, 4) is 0 Å². The van der Waals surface area contributed by atoms with E-state index in [4.69, 9.17) is 23.2 Å². The van der Waals surface area contributed by atoms with E-state index in [0.717, 1.165) is 17.1 Å². The molecule has 0 amide bonds. The predicted molar refractivity (Wildman–Crippen MR) is 77.1 cm³/mol. The highest BCUT2D eigenvalue weighted by Crippen LogP contribution is 2.25. The van der Waals surface area contributed by atoms with E-state index < -0.39 is 10.0 Å². The van der Waals surface area contributed by atoms with E-state index in [9.17, 15) is 8.42 Å². The van der Waals surface area contributed by atoms with E-state index in [-0.39, 0.29) is 10.8 Å². The molecule has 0 saturated carbocycles. The molecule has 0 N–H and O–H groups in total. The van der Waals surface area contributed by atoms with E-state index in [1.54, 1.807) is 23.9 Å². The Balaban J connectivity index is 2.32. The fourth-order valence-corrected chi connectivity index (χ4v) is 4.95. The lowest BCUT2D eigenvalue weighted by Gasteiger charge is -2.25. The molecule has 1 aromatic carbocycles. The van der Waals surface area contributed by atoms with E-state index in [1.165, 1.54) is 10.4 Å². The van der Waals surface area contributed by atoms with Crippen molar-refractivity contribution in [2.75, 3.05) is 24.6 Å². The summed E-state index contributed by atoms with van der Waals surface area (Å²) in [6.07, 6.45) is 0. The first-order valence-corrected chi connectivity index (χ1v) is 8.98. The van der Waals surface area contributed by atoms with Gasteiger partial charge in [0, 0.05) is 35.5 Å². The topological polar surface area (TPSA) is 37.4 Å². The Morgan fingerprint density at radius 2 is 1.94 bits per heavy atom. The van der Waals surface area contributed by atoms with Gasteiger partial charge < -0.3 is 0 Å². The van der Waals surface area contributed by atoms with Crippen LogP contribution in [0.25, 0.3) is 0 Å². The molecular formula is C11H13Cl2NO2S2. The van der Waals surface area contributed by atoms with Crippen molar-refractivity contribution in [3.63, 3.8) is 0 Å². The molecule has 0 radical (unpaired) electrons. The van der Waals surface area contributed by atoms with Crippen LogP contribution in [0.1, 0.15) is 5.56 Å². The van der Waals surface area contributed by atoms with E-state index in [1.807, 2.05) is 0 Å². The zero-order valence-electron chi connectivity index (χ0n) is 9.60. The van der Waals surface area contributed by atoms with Crippen molar-refractivity contribution in [1.82, 2.24) is 4.31 Å². The first-order valence-electron chi connectivity index (χ1n) is 5.48. The van der Waals surface area contributed by atoms with E-state index >= 15 is 0 Å². The fourth-order valence-electron chi connectivity index (χ4n) is 1.73. The standard InChI is InChI=1S/C11H13Cl2NO2S2/c12-8-9-1-2-10(7-11(9)13)18(15,16)14-3-5-17-6-4-14/h1-2,7H,3-6,8H2. The van der Waals surface area contributed by atoms with Gasteiger partial charge in [0.1, 0.15) is 0 Å². The van der Waals surface area contributed by atoms with Gasteiger partial charge in [-0.2, -0.15) is 16.1 Å². The average Bonchev–Trinajstić information content (AvgIpc) is 2.39. The molecule has 0 spiro atoms. The van der Waals surface area contributed by atoms with Crippen LogP contribution >= 0.6 is 35.0 Å². The second kappa shape index (κ2) is 6.01. The Hall–Kier alpha value is 0.0600. The average molecular weight is 326 g/mol. The number of hydrogen-bond acceptors (Lipinski definition) is 3. The normalized spacial score (nSPS) is 17.9. The monoisotopic (exact) mass is 325 g/mol. The third kappa shape index (κ3) is 2.96. The van der Waals surface area contributed by atoms with Gasteiger partial charge in [0.2, 0.25) is 10.0 Å². The minimum atomic E-state index is -3.42. The van der Waals surface area contributed by atoms with Gasteiger partial charge in [0.05, 0.1) is 4.90 Å². The SMILES string of the molecule is O=S(=O)(c1ccc(CCl)c(Cl)c1)N1CCSCC1. The summed E-state index contributed by atoms with van der Waals surface area (Å²) in [5.74, 6) is 1.96. The molecule has 1 saturated heterocycles. The predicted octanol–water partition coefficient (Wildman–Crippen LogP) is 2.82. The zero-order valence-corrected chi connectivity index (χ0v) is 12.7. The second-order valence-electron chi connectivity index (χ2n) is 3.90. The number of benzene rings is 1. The Kier molecular flexibility index (Phi) is 4.83. The maximum absolute atomic E-state index is 12.4. The number of alkyl halides is 1. The van der Waals surface area contributed by atoms with Gasteiger partial charge in [-0.1, -0.05) is 17.7 Å². The summed E-state index contributed by atoms with van der Waals surface area (Å²) in [4.78, 5) is 0.244. The second-order valence-corrected chi connectivity index (χ2v) is 7.74. The lowest BCUT2D eigenvalue weighted by atomic mass is 10.2. The number of thioether (sulfide) groups is 1. The molecule has 1 aliphatic heterocycles. The third-order valence-electron chi connectivity index (χ3n) is 2.78. The quantitative estimate of drug-likeness (QED) is 0.802. The lowest BCUT2D eigenvalue weighted by molar-refractivity contribution is 0.443. The number of sulfonamides is 1. The highest BCUT2D eigenvalue weighted by atomic mass is 35.5. The summed E-state index contributed by atoms with van der Waals surface area (Å²) < 4.78 is 26.2. The van der Waals surface area contributed by atoms with Gasteiger partial charge in [-0.3, -0.25) is 0 Å². The molecule has 3 nitrogen and oxygen atoms in total. The molecule has 0 unspecified atom stereocenters. The van der Waals surface area contributed by atoms with Crippen molar-refractivity contribution in [3.05, 3.63) is 28.8 Å². The molecular weight excluding hydrogens is 313 g/mol. The van der Waals surface area contributed by atoms with Crippen LogP contribution in [0, 0.1) is 0 Å². The minimum Gasteiger partial charge on any atom is -0.207 e. The highest BCUT2D eigenvalue weighted by Gasteiger charge is 2.26. The van der Waals surface area contributed by atoms with Gasteiger partial charge in [-0.25, -0.2) is 8.42 Å². The minimum absolute atomic E-state index is 0.244. The molecule has 0 atom stereocenters. The van der Waals surface area contributed by atoms with E-state index in [0.29, 0.717) is 18.1 Å². The Morgan fingerprint density at radius 1 is 1.28 bits per heavy atom. The molecule has 0 aromatic heterocycles. The maximum Gasteiger partial charge on any atom is 0.243 e. The maximum atomic E-state index is 12.4. The lowest BCUT2D eigenvalue weighted by Crippen LogP contribution is -2.37. The number of nitrogens with zero attached hydrogens (tertiary/aromatic N) is 1. The summed E-state index contributed by atoms with van der Waals surface area (Å²) in [6, 6.07) is 4.72. The smallest absolute Gasteiger partial charge is 0.207 e. The number of rotatable bonds is 3. The molecule has 2 rings (SSSR count). The van der Waals surface area contributed by atoms with Gasteiger partial charge in [-0.15, -0.1) is 11.6 Å². The Labute approximate surface area is 122 Å². The van der Waals surface area contributed by atoms with Crippen LogP contribution in [0.4, 0.5) is 0 Å². The summed E-state index contributed by atoms with van der Waals surface area (Å²) in [5.41, 5.74) is 0.742. The Morgan fingerprint density at radius 3 is 2.50 bits per heavy atom. The van der Waals surface area contributed by atoms with Gasteiger partial charge >= 0.3 is 0 Å². The third-order valence-corrected chi connectivity index (χ3v) is 6.25. The summed E-state index contributed by atoms with van der Waals surface area (Å²) in [7, 11) is -3.42. The molecule has 7 heteroatoms. The summed E-state index contributed by atoms with van der Waals surface area (Å²) in [5, 5.41) is 0.400. The van der Waals surface area contributed by atoms with Crippen molar-refractivity contribution < 1.29 is 8.42 Å². The Bertz CT molecular complexity index is 528. The summed E-state index contributed by atoms with van der Waals surface area (Å²) in [6.45, 7) is 1.11. The van der Waals surface area contributed by atoms with Crippen LogP contribution in [0.5, 0.6) is 0 Å². The van der Waals surface area contributed by atoms with Crippen LogP contribution in [-0.4, -0.2) is 37.3 Å². The van der Waals surface area contributed by atoms with Gasteiger partial charge in [0.25, 0.3) is 0 Å². The van der Waals surface area contributed by atoms with Crippen molar-refractivity contribution in [2.45, 2.75) is 10.8 Å². The molecule has 0 bridgehead atoms. The highest BCUT2D eigenvalue weighted by molar-refractivity contribution is 7.99. The molecule has 18 heavy (non-hydrogen) atoms. The first kappa shape index (κ1) is 14.5. The molecule has 1 aromatic rings. The zero-order chi connectivity index (χ0) is 13.2. The number of hydrogen-bond donors (Lipinski definition) is 0. The van der Waals surface area contributed by atoms with Crippen LogP contribution in [0.2, 0.25) is 5.02 Å². The number of halogens is 2. The van der Waals surface area contributed by atoms with Crippen LogP contribution < -0.4 is 0 Å². The van der Waals surface area contributed by atoms with Crippen LogP contribution in [-0.2, 0) is 15.9 Å². The van der Waals surface area contributed by atoms with Crippen LogP contribution in [0.15, 0.2) is 23.1 Å². The van der Waals surface area contributed by atoms with Crippen LogP contribution in [0.3, 0.4) is 0 Å². The molecule has 1 fully saturated rings. The van der Waals surface area contributed by atoms with Crippen molar-refractivity contribution >= 4 is 45.0 Å². The first-order chi connectivity index (χ1) is 8.55. The van der Waals surface area contributed by atoms with E-state index in [2.05, 4.69) is 0 Å².